The van der Waals surface area contributed by atoms with Crippen molar-refractivity contribution in [3.05, 3.63) is 53.6 Å². The van der Waals surface area contributed by atoms with Crippen LogP contribution in [0.2, 0.25) is 0 Å². The van der Waals surface area contributed by atoms with Gasteiger partial charge in [0.2, 0.25) is 0 Å². The van der Waals surface area contributed by atoms with Crippen molar-refractivity contribution in [1.82, 2.24) is 5.32 Å². The number of hydrogen-bond acceptors (Lipinski definition) is 5. The minimum atomic E-state index is -4.65. The highest BCUT2D eigenvalue weighted by atomic mass is 32.2. The van der Waals surface area contributed by atoms with Crippen molar-refractivity contribution in [3.8, 4) is 0 Å². The van der Waals surface area contributed by atoms with Crippen LogP contribution in [0, 0.1) is 0 Å². The molecule has 0 aromatic heterocycles. The Bertz CT molecular complexity index is 1150. The van der Waals surface area contributed by atoms with Crippen LogP contribution in [0.15, 0.2) is 52.3 Å². The first kappa shape index (κ1) is 22.6. The predicted octanol–water partition coefficient (Wildman–Crippen LogP) is 2.88. The van der Waals surface area contributed by atoms with Crippen LogP contribution in [0.3, 0.4) is 0 Å². The zero-order chi connectivity index (χ0) is 21.8. The topological polar surface area (TPSA) is 150 Å². The quantitative estimate of drug-likeness (QED) is 0.398. The van der Waals surface area contributed by atoms with Crippen molar-refractivity contribution in [3.63, 3.8) is 0 Å². The van der Waals surface area contributed by atoms with Crippen LogP contribution in [-0.2, 0) is 20.2 Å². The number of carbonyl (C=O) groups excluding carboxylic acids is 1. The monoisotopic (exact) mass is 440 g/mol. The standard InChI is InChI=1S/C18H20N2O7S2/c1-12(2)19-18(21)20-15-10-9-14(17(11-15)29(25,26)27)8-7-13-5-3-4-6-16(13)28(22,23)24/h3-12H,1-2H3,(H2,19,20,21)(H,22,23,24)(H,25,26,27). The normalized spacial score (nSPS) is 12.3. The molecular weight excluding hydrogens is 420 g/mol. The first-order chi connectivity index (χ1) is 13.4. The van der Waals surface area contributed by atoms with E-state index in [2.05, 4.69) is 10.6 Å². The minimum Gasteiger partial charge on any atom is -0.336 e. The minimum absolute atomic E-state index is 0.0486. The number of amides is 2. The smallest absolute Gasteiger partial charge is 0.319 e. The predicted molar refractivity (Wildman–Crippen MR) is 109 cm³/mol. The van der Waals surface area contributed by atoms with E-state index >= 15 is 0 Å². The van der Waals surface area contributed by atoms with Gasteiger partial charge in [-0.25, -0.2) is 4.79 Å². The molecule has 0 atom stereocenters. The molecule has 0 aliphatic rings. The molecule has 2 amide bonds. The number of anilines is 1. The van der Waals surface area contributed by atoms with Crippen LogP contribution in [-0.4, -0.2) is 38.0 Å². The van der Waals surface area contributed by atoms with Gasteiger partial charge in [0.05, 0.1) is 0 Å². The van der Waals surface area contributed by atoms with Gasteiger partial charge in [-0.15, -0.1) is 0 Å². The SMILES string of the molecule is CC(C)NC(=O)Nc1ccc(C=Cc2ccccc2S(=O)(=O)O)c(S(=O)(=O)O)c1. The maximum absolute atomic E-state index is 11.8. The molecule has 2 aromatic carbocycles. The van der Waals surface area contributed by atoms with Crippen LogP contribution in [0.4, 0.5) is 10.5 Å². The van der Waals surface area contributed by atoms with E-state index in [1.165, 1.54) is 42.5 Å². The van der Waals surface area contributed by atoms with Gasteiger partial charge < -0.3 is 10.6 Å². The summed E-state index contributed by atoms with van der Waals surface area (Å²) >= 11 is 0. The van der Waals surface area contributed by atoms with Crippen molar-refractivity contribution in [1.29, 1.82) is 0 Å². The lowest BCUT2D eigenvalue weighted by atomic mass is 10.1. The van der Waals surface area contributed by atoms with Crippen LogP contribution < -0.4 is 10.6 Å². The largest absolute Gasteiger partial charge is 0.336 e. The maximum atomic E-state index is 11.8. The van der Waals surface area contributed by atoms with Crippen LogP contribution in [0.5, 0.6) is 0 Å². The summed E-state index contributed by atoms with van der Waals surface area (Å²) < 4.78 is 65.3. The lowest BCUT2D eigenvalue weighted by Gasteiger charge is -2.12. The first-order valence-electron chi connectivity index (χ1n) is 8.31. The molecule has 0 unspecified atom stereocenters. The van der Waals surface area contributed by atoms with E-state index in [9.17, 15) is 30.7 Å². The van der Waals surface area contributed by atoms with E-state index in [1.807, 2.05) is 0 Å². The Labute approximate surface area is 169 Å². The summed E-state index contributed by atoms with van der Waals surface area (Å²) in [5.74, 6) is 0. The number of rotatable bonds is 6. The molecule has 29 heavy (non-hydrogen) atoms. The van der Waals surface area contributed by atoms with Crippen LogP contribution >= 0.6 is 0 Å². The molecule has 11 heteroatoms. The Morgan fingerprint density at radius 3 is 2.00 bits per heavy atom. The number of nitrogens with one attached hydrogen (secondary N) is 2. The summed E-state index contributed by atoms with van der Waals surface area (Å²) in [4.78, 5) is 10.9. The third-order valence-electron chi connectivity index (χ3n) is 3.61. The molecule has 2 aromatic rings. The molecule has 0 radical (unpaired) electrons. The number of urea groups is 1. The molecule has 4 N–H and O–H groups in total. The number of carbonyl (C=O) groups is 1. The van der Waals surface area contributed by atoms with Gasteiger partial charge in [0, 0.05) is 11.7 Å². The lowest BCUT2D eigenvalue weighted by molar-refractivity contribution is 0.250. The lowest BCUT2D eigenvalue weighted by Crippen LogP contribution is -2.34. The summed E-state index contributed by atoms with van der Waals surface area (Å²) in [6.07, 6.45) is 2.55. The second-order valence-electron chi connectivity index (χ2n) is 6.33. The molecule has 0 heterocycles. The zero-order valence-electron chi connectivity index (χ0n) is 15.5. The molecule has 0 spiro atoms. The van der Waals surface area contributed by atoms with Gasteiger partial charge in [-0.1, -0.05) is 36.4 Å². The fourth-order valence-electron chi connectivity index (χ4n) is 2.44. The van der Waals surface area contributed by atoms with Crippen molar-refractivity contribution >= 4 is 44.1 Å². The van der Waals surface area contributed by atoms with Gasteiger partial charge in [0.25, 0.3) is 20.2 Å². The summed E-state index contributed by atoms with van der Waals surface area (Å²) in [7, 11) is -9.13. The molecule has 0 saturated heterocycles. The van der Waals surface area contributed by atoms with E-state index in [-0.39, 0.29) is 27.8 Å². The molecule has 0 fully saturated rings. The van der Waals surface area contributed by atoms with Gasteiger partial charge >= 0.3 is 6.03 Å². The molecule has 9 nitrogen and oxygen atoms in total. The zero-order valence-corrected chi connectivity index (χ0v) is 17.2. The van der Waals surface area contributed by atoms with E-state index in [4.69, 9.17) is 0 Å². The van der Waals surface area contributed by atoms with Gasteiger partial charge in [-0.3, -0.25) is 9.11 Å². The van der Waals surface area contributed by atoms with Crippen LogP contribution in [0.1, 0.15) is 25.0 Å². The molecule has 0 aliphatic heterocycles. The Morgan fingerprint density at radius 1 is 0.897 bits per heavy atom. The second-order valence-corrected chi connectivity index (χ2v) is 9.11. The van der Waals surface area contributed by atoms with Gasteiger partial charge in [0.1, 0.15) is 9.79 Å². The van der Waals surface area contributed by atoms with Crippen molar-refractivity contribution in [2.75, 3.05) is 5.32 Å². The van der Waals surface area contributed by atoms with E-state index < -0.39 is 31.2 Å². The summed E-state index contributed by atoms with van der Waals surface area (Å²) in [6.45, 7) is 3.50. The Morgan fingerprint density at radius 2 is 1.45 bits per heavy atom. The van der Waals surface area contributed by atoms with E-state index in [1.54, 1.807) is 19.9 Å². The van der Waals surface area contributed by atoms with Gasteiger partial charge in [-0.05, 0) is 43.2 Å². The molecular formula is C18H20N2O7S2. The molecule has 0 aliphatic carbocycles. The summed E-state index contributed by atoms with van der Waals surface area (Å²) in [5.41, 5.74) is 0.300. The molecule has 0 bridgehead atoms. The average Bonchev–Trinajstić information content (AvgIpc) is 2.58. The summed E-state index contributed by atoms with van der Waals surface area (Å²) in [5, 5.41) is 5.03. The highest BCUT2D eigenvalue weighted by Gasteiger charge is 2.17. The van der Waals surface area contributed by atoms with Crippen molar-refractivity contribution in [2.24, 2.45) is 0 Å². The Kier molecular flexibility index (Phi) is 6.80. The third kappa shape index (κ3) is 6.39. The molecule has 0 saturated carbocycles. The fourth-order valence-corrected chi connectivity index (χ4v) is 3.83. The van der Waals surface area contributed by atoms with E-state index in [0.717, 1.165) is 6.07 Å². The van der Waals surface area contributed by atoms with Gasteiger partial charge in [-0.2, -0.15) is 16.8 Å². The highest BCUT2D eigenvalue weighted by Crippen LogP contribution is 2.24. The van der Waals surface area contributed by atoms with Crippen molar-refractivity contribution < 1.29 is 30.7 Å². The van der Waals surface area contributed by atoms with E-state index in [0.29, 0.717) is 0 Å². The summed E-state index contributed by atoms with van der Waals surface area (Å²) in [6, 6.07) is 8.71. The third-order valence-corrected chi connectivity index (χ3v) is 5.45. The van der Waals surface area contributed by atoms with Gasteiger partial charge in [0.15, 0.2) is 0 Å². The Hall–Kier alpha value is -2.73. The molecule has 2 rings (SSSR count). The number of benzene rings is 2. The fraction of sp³-hybridized carbons (Fsp3) is 0.167. The molecule has 156 valence electrons. The van der Waals surface area contributed by atoms with Crippen LogP contribution in [0.25, 0.3) is 12.2 Å². The second kappa shape index (κ2) is 8.74. The highest BCUT2D eigenvalue weighted by molar-refractivity contribution is 7.86. The first-order valence-corrected chi connectivity index (χ1v) is 11.2. The van der Waals surface area contributed by atoms with Crippen molar-refractivity contribution in [2.45, 2.75) is 29.7 Å². The Balaban J connectivity index is 2.44. The maximum Gasteiger partial charge on any atom is 0.319 e. The average molecular weight is 440 g/mol. The number of hydrogen-bond donors (Lipinski definition) is 4.